The van der Waals surface area contributed by atoms with Crippen LogP contribution in [-0.2, 0) is 0 Å². The van der Waals surface area contributed by atoms with E-state index in [-0.39, 0.29) is 0 Å². The molecule has 0 aliphatic rings. The Morgan fingerprint density at radius 3 is 2.64 bits per heavy atom. The third-order valence-corrected chi connectivity index (χ3v) is 4.22. The fraction of sp³-hybridized carbons (Fsp3) is 0.0588. The van der Waals surface area contributed by atoms with Crippen LogP contribution >= 0.6 is 22.9 Å². The van der Waals surface area contributed by atoms with Gasteiger partial charge in [-0.3, -0.25) is 5.43 Å². The van der Waals surface area contributed by atoms with Crippen molar-refractivity contribution in [1.29, 1.82) is 0 Å². The normalized spacial score (nSPS) is 11.0. The van der Waals surface area contributed by atoms with Gasteiger partial charge in [0.15, 0.2) is 0 Å². The molecule has 110 valence electrons. The van der Waals surface area contributed by atoms with E-state index in [2.05, 4.69) is 21.6 Å². The number of halogens is 1. The fourth-order valence-electron chi connectivity index (χ4n) is 2.06. The molecule has 0 saturated heterocycles. The van der Waals surface area contributed by atoms with Gasteiger partial charge in [0.1, 0.15) is 0 Å². The zero-order valence-corrected chi connectivity index (χ0v) is 13.5. The zero-order chi connectivity index (χ0) is 15.4. The van der Waals surface area contributed by atoms with Crippen molar-refractivity contribution in [3.8, 4) is 11.1 Å². The number of hydrogen-bond donors (Lipinski definition) is 1. The number of aromatic nitrogens is 1. The number of anilines is 1. The molecule has 0 saturated carbocycles. The van der Waals surface area contributed by atoms with E-state index in [4.69, 9.17) is 11.6 Å². The van der Waals surface area contributed by atoms with Crippen LogP contribution in [0.1, 0.15) is 11.3 Å². The average molecular weight is 328 g/mol. The van der Waals surface area contributed by atoms with Crippen molar-refractivity contribution in [2.45, 2.75) is 6.92 Å². The summed E-state index contributed by atoms with van der Waals surface area (Å²) in [7, 11) is 0. The Bertz CT molecular complexity index is 794. The fourth-order valence-corrected chi connectivity index (χ4v) is 2.83. The van der Waals surface area contributed by atoms with Crippen LogP contribution in [0.5, 0.6) is 0 Å². The highest BCUT2D eigenvalue weighted by Gasteiger charge is 2.03. The van der Waals surface area contributed by atoms with E-state index in [1.165, 1.54) is 11.3 Å². The summed E-state index contributed by atoms with van der Waals surface area (Å²) in [5.41, 5.74) is 7.20. The summed E-state index contributed by atoms with van der Waals surface area (Å²) in [5, 5.41) is 7.78. The first-order valence-electron chi connectivity index (χ1n) is 6.78. The van der Waals surface area contributed by atoms with E-state index in [1.54, 1.807) is 6.21 Å². The van der Waals surface area contributed by atoms with Gasteiger partial charge in [0.05, 0.1) is 11.9 Å². The molecule has 3 aromatic rings. The molecular weight excluding hydrogens is 314 g/mol. The standard InChI is InChI=1S/C17H14ClN3S/c1-12-11-22-17(20-12)21-19-10-14-4-2-3-5-16(14)13-6-8-15(18)9-7-13/h2-11H,1H3,(H,20,21). The molecule has 1 heterocycles. The zero-order valence-electron chi connectivity index (χ0n) is 12.0. The third kappa shape index (κ3) is 3.53. The van der Waals surface area contributed by atoms with Gasteiger partial charge in [-0.2, -0.15) is 5.10 Å². The highest BCUT2D eigenvalue weighted by atomic mass is 35.5. The van der Waals surface area contributed by atoms with Crippen molar-refractivity contribution in [2.75, 3.05) is 5.43 Å². The molecule has 2 aromatic carbocycles. The number of rotatable bonds is 4. The van der Waals surface area contributed by atoms with E-state index in [0.717, 1.165) is 32.5 Å². The number of hydrogen-bond acceptors (Lipinski definition) is 4. The average Bonchev–Trinajstić information content (AvgIpc) is 2.94. The summed E-state index contributed by atoms with van der Waals surface area (Å²) >= 11 is 7.49. The highest BCUT2D eigenvalue weighted by molar-refractivity contribution is 7.13. The Hall–Kier alpha value is -2.17. The topological polar surface area (TPSA) is 37.3 Å². The maximum absolute atomic E-state index is 5.95. The Morgan fingerprint density at radius 2 is 1.91 bits per heavy atom. The van der Waals surface area contributed by atoms with E-state index in [1.807, 2.05) is 54.8 Å². The third-order valence-electron chi connectivity index (χ3n) is 3.10. The minimum absolute atomic E-state index is 0.732. The first-order valence-corrected chi connectivity index (χ1v) is 8.04. The van der Waals surface area contributed by atoms with Crippen LogP contribution in [0.15, 0.2) is 59.0 Å². The highest BCUT2D eigenvalue weighted by Crippen LogP contribution is 2.24. The van der Waals surface area contributed by atoms with Gasteiger partial charge in [0.25, 0.3) is 0 Å². The molecular formula is C17H14ClN3S. The predicted molar refractivity (Wildman–Crippen MR) is 95.0 cm³/mol. The van der Waals surface area contributed by atoms with Gasteiger partial charge in [-0.25, -0.2) is 4.98 Å². The SMILES string of the molecule is Cc1csc(NN=Cc2ccccc2-c2ccc(Cl)cc2)n1. The molecule has 0 aliphatic heterocycles. The Balaban J connectivity index is 1.83. The molecule has 0 unspecified atom stereocenters. The molecule has 3 rings (SSSR count). The van der Waals surface area contributed by atoms with E-state index >= 15 is 0 Å². The van der Waals surface area contributed by atoms with Gasteiger partial charge in [0.2, 0.25) is 5.13 Å². The Labute approximate surface area is 138 Å². The lowest BCUT2D eigenvalue weighted by Crippen LogP contribution is -1.92. The number of nitrogens with zero attached hydrogens (tertiary/aromatic N) is 2. The van der Waals surface area contributed by atoms with Crippen molar-refractivity contribution >= 4 is 34.3 Å². The molecule has 0 bridgehead atoms. The first kappa shape index (κ1) is 14.8. The summed E-state index contributed by atoms with van der Waals surface area (Å²) in [4.78, 5) is 4.31. The van der Waals surface area contributed by atoms with E-state index in [0.29, 0.717) is 0 Å². The van der Waals surface area contributed by atoms with Crippen LogP contribution in [0.4, 0.5) is 5.13 Å². The van der Waals surface area contributed by atoms with Gasteiger partial charge in [-0.1, -0.05) is 48.0 Å². The summed E-state index contributed by atoms with van der Waals surface area (Å²) in [6, 6.07) is 15.9. The van der Waals surface area contributed by atoms with Gasteiger partial charge >= 0.3 is 0 Å². The monoisotopic (exact) mass is 327 g/mol. The maximum Gasteiger partial charge on any atom is 0.203 e. The molecule has 0 amide bonds. The van der Waals surface area contributed by atoms with Crippen LogP contribution in [0, 0.1) is 6.92 Å². The molecule has 0 atom stereocenters. The maximum atomic E-state index is 5.95. The van der Waals surface area contributed by atoms with E-state index in [9.17, 15) is 0 Å². The van der Waals surface area contributed by atoms with Crippen molar-refractivity contribution in [2.24, 2.45) is 5.10 Å². The van der Waals surface area contributed by atoms with Crippen LogP contribution < -0.4 is 5.43 Å². The number of benzene rings is 2. The lowest BCUT2D eigenvalue weighted by atomic mass is 10.0. The molecule has 22 heavy (non-hydrogen) atoms. The largest absolute Gasteiger partial charge is 0.253 e. The second-order valence-corrected chi connectivity index (χ2v) is 6.05. The van der Waals surface area contributed by atoms with Crippen LogP contribution in [-0.4, -0.2) is 11.2 Å². The lowest BCUT2D eigenvalue weighted by molar-refractivity contribution is 1.22. The number of thiazole rings is 1. The van der Waals surface area contributed by atoms with Gasteiger partial charge in [-0.05, 0) is 30.2 Å². The number of nitrogens with one attached hydrogen (secondary N) is 1. The molecule has 0 fully saturated rings. The van der Waals surface area contributed by atoms with Gasteiger partial charge < -0.3 is 0 Å². The summed E-state index contributed by atoms with van der Waals surface area (Å²) < 4.78 is 0. The van der Waals surface area contributed by atoms with Gasteiger partial charge in [0, 0.05) is 16.0 Å². The second-order valence-electron chi connectivity index (χ2n) is 4.76. The molecule has 5 heteroatoms. The molecule has 0 aliphatic carbocycles. The predicted octanol–water partition coefficient (Wildman–Crippen LogP) is 5.22. The van der Waals surface area contributed by atoms with Crippen LogP contribution in [0.2, 0.25) is 5.02 Å². The first-order chi connectivity index (χ1) is 10.7. The summed E-state index contributed by atoms with van der Waals surface area (Å²) in [6.45, 7) is 1.96. The Kier molecular flexibility index (Phi) is 4.51. The van der Waals surface area contributed by atoms with Gasteiger partial charge in [-0.15, -0.1) is 11.3 Å². The van der Waals surface area contributed by atoms with Crippen molar-refractivity contribution < 1.29 is 0 Å². The quantitative estimate of drug-likeness (QED) is 0.527. The lowest BCUT2D eigenvalue weighted by Gasteiger charge is -2.06. The van der Waals surface area contributed by atoms with Crippen LogP contribution in [0.3, 0.4) is 0 Å². The van der Waals surface area contributed by atoms with Crippen molar-refractivity contribution in [3.63, 3.8) is 0 Å². The second kappa shape index (κ2) is 6.73. The minimum Gasteiger partial charge on any atom is -0.253 e. The van der Waals surface area contributed by atoms with Crippen molar-refractivity contribution in [1.82, 2.24) is 4.98 Å². The smallest absolute Gasteiger partial charge is 0.203 e. The number of hydrazone groups is 1. The molecule has 0 radical (unpaired) electrons. The van der Waals surface area contributed by atoms with Crippen LogP contribution in [0.25, 0.3) is 11.1 Å². The van der Waals surface area contributed by atoms with Crippen molar-refractivity contribution in [3.05, 3.63) is 70.2 Å². The summed E-state index contributed by atoms with van der Waals surface area (Å²) in [6.07, 6.45) is 1.81. The number of aryl methyl sites for hydroxylation is 1. The Morgan fingerprint density at radius 1 is 1.14 bits per heavy atom. The minimum atomic E-state index is 0.732. The molecule has 1 aromatic heterocycles. The van der Waals surface area contributed by atoms with E-state index < -0.39 is 0 Å². The molecule has 0 spiro atoms. The molecule has 1 N–H and O–H groups in total. The summed E-state index contributed by atoms with van der Waals surface area (Å²) in [5.74, 6) is 0. The molecule has 3 nitrogen and oxygen atoms in total.